The van der Waals surface area contributed by atoms with Crippen LogP contribution < -0.4 is 5.32 Å². The maximum absolute atomic E-state index is 12.6. The molecule has 4 rings (SSSR count). The third-order valence-corrected chi connectivity index (χ3v) is 5.99. The maximum Gasteiger partial charge on any atom is 0.261 e. The lowest BCUT2D eigenvalue weighted by atomic mass is 10.1. The van der Waals surface area contributed by atoms with E-state index in [9.17, 15) is 4.79 Å². The number of thiophene rings is 1. The first-order valence-corrected chi connectivity index (χ1v) is 9.69. The second-order valence-corrected chi connectivity index (χ2v) is 7.61. The highest BCUT2D eigenvalue weighted by atomic mass is 32.1. The maximum atomic E-state index is 12.6. The Kier molecular flexibility index (Phi) is 4.81. The molecule has 0 aliphatic carbocycles. The van der Waals surface area contributed by atoms with E-state index in [1.54, 1.807) is 11.3 Å². The van der Waals surface area contributed by atoms with Crippen LogP contribution in [0.1, 0.15) is 34.1 Å². The van der Waals surface area contributed by atoms with Gasteiger partial charge in [0.2, 0.25) is 0 Å². The summed E-state index contributed by atoms with van der Waals surface area (Å²) in [6.45, 7) is 2.87. The summed E-state index contributed by atoms with van der Waals surface area (Å²) >= 11 is 1.56. The first-order chi connectivity index (χ1) is 12.3. The molecule has 0 radical (unpaired) electrons. The molecule has 1 aliphatic heterocycles. The topological polar surface area (TPSA) is 32.3 Å². The number of carbonyl (C=O) groups is 1. The molecule has 0 spiro atoms. The van der Waals surface area contributed by atoms with Crippen molar-refractivity contribution in [3.05, 3.63) is 71.1 Å². The van der Waals surface area contributed by atoms with Gasteiger partial charge in [-0.1, -0.05) is 48.5 Å². The predicted molar refractivity (Wildman–Crippen MR) is 104 cm³/mol. The quantitative estimate of drug-likeness (QED) is 0.736. The number of rotatable bonds is 5. The molecule has 0 saturated carbocycles. The predicted octanol–water partition coefficient (Wildman–Crippen LogP) is 4.47. The summed E-state index contributed by atoms with van der Waals surface area (Å²) in [5, 5.41) is 4.30. The van der Waals surface area contributed by atoms with Crippen molar-refractivity contribution in [2.75, 3.05) is 19.6 Å². The minimum Gasteiger partial charge on any atom is -0.349 e. The Bertz CT molecular complexity index is 819. The van der Waals surface area contributed by atoms with E-state index in [0.29, 0.717) is 6.54 Å². The molecule has 1 aromatic heterocycles. The van der Waals surface area contributed by atoms with Crippen molar-refractivity contribution >= 4 is 27.3 Å². The van der Waals surface area contributed by atoms with Crippen molar-refractivity contribution in [1.82, 2.24) is 10.2 Å². The van der Waals surface area contributed by atoms with Crippen molar-refractivity contribution in [3.63, 3.8) is 0 Å². The van der Waals surface area contributed by atoms with E-state index in [2.05, 4.69) is 46.6 Å². The Hall–Kier alpha value is -2.17. The van der Waals surface area contributed by atoms with Crippen LogP contribution in [0.2, 0.25) is 0 Å². The average molecular weight is 350 g/mol. The fourth-order valence-corrected chi connectivity index (χ4v) is 4.54. The fraction of sp³-hybridized carbons (Fsp3) is 0.286. The smallest absolute Gasteiger partial charge is 0.261 e. The molecule has 0 unspecified atom stereocenters. The second kappa shape index (κ2) is 7.38. The van der Waals surface area contributed by atoms with Crippen LogP contribution in [0.4, 0.5) is 0 Å². The molecule has 3 aromatic rings. The van der Waals surface area contributed by atoms with Gasteiger partial charge >= 0.3 is 0 Å². The normalized spacial score (nSPS) is 16.2. The first-order valence-electron chi connectivity index (χ1n) is 8.87. The van der Waals surface area contributed by atoms with Crippen molar-refractivity contribution in [1.29, 1.82) is 0 Å². The summed E-state index contributed by atoms with van der Waals surface area (Å²) < 4.78 is 1.16. The van der Waals surface area contributed by atoms with Gasteiger partial charge in [-0.05, 0) is 49.0 Å². The number of amides is 1. The van der Waals surface area contributed by atoms with Crippen molar-refractivity contribution < 1.29 is 4.79 Å². The number of hydrogen-bond acceptors (Lipinski definition) is 3. The monoisotopic (exact) mass is 350 g/mol. The van der Waals surface area contributed by atoms with Gasteiger partial charge in [-0.15, -0.1) is 11.3 Å². The second-order valence-electron chi connectivity index (χ2n) is 6.53. The lowest BCUT2D eigenvalue weighted by molar-refractivity contribution is 0.0942. The van der Waals surface area contributed by atoms with Crippen LogP contribution in [0.5, 0.6) is 0 Å². The molecule has 3 nitrogen and oxygen atoms in total. The van der Waals surface area contributed by atoms with Gasteiger partial charge in [-0.2, -0.15) is 0 Å². The Morgan fingerprint density at radius 1 is 1.04 bits per heavy atom. The Morgan fingerprint density at radius 3 is 2.52 bits per heavy atom. The largest absolute Gasteiger partial charge is 0.349 e. The van der Waals surface area contributed by atoms with Gasteiger partial charge in [0, 0.05) is 11.2 Å². The van der Waals surface area contributed by atoms with Crippen molar-refractivity contribution in [2.24, 2.45) is 0 Å². The van der Waals surface area contributed by atoms with Crippen LogP contribution >= 0.6 is 11.3 Å². The number of likely N-dealkylation sites (tertiary alicyclic amines) is 1. The highest BCUT2D eigenvalue weighted by Crippen LogP contribution is 2.27. The molecule has 4 heteroatoms. The van der Waals surface area contributed by atoms with Gasteiger partial charge in [-0.25, -0.2) is 0 Å². The minimum absolute atomic E-state index is 0.0290. The number of nitrogens with zero attached hydrogens (tertiary/aromatic N) is 1. The number of fused-ring (bicyclic) bond motifs is 1. The lowest BCUT2D eigenvalue weighted by Crippen LogP contribution is -2.36. The summed E-state index contributed by atoms with van der Waals surface area (Å²) in [6, 6.07) is 20.9. The van der Waals surface area contributed by atoms with Crippen LogP contribution in [0, 0.1) is 0 Å². The molecular formula is C21H22N2OS. The van der Waals surface area contributed by atoms with Crippen LogP contribution in [0.15, 0.2) is 60.7 Å². The third kappa shape index (κ3) is 3.60. The molecular weight excluding hydrogens is 328 g/mol. The first kappa shape index (κ1) is 16.3. The minimum atomic E-state index is 0.0290. The standard InChI is InChI=1S/C21H22N2OS/c24-21(20-14-17-10-4-5-11-19(17)25-20)22-15-18(23-12-6-7-13-23)16-8-2-1-3-9-16/h1-5,8-11,14,18H,6-7,12-13,15H2,(H,22,24)/t18-/m0/s1. The highest BCUT2D eigenvalue weighted by Gasteiger charge is 2.24. The summed E-state index contributed by atoms with van der Waals surface area (Å²) in [4.78, 5) is 15.9. The van der Waals surface area contributed by atoms with Gasteiger partial charge < -0.3 is 5.32 Å². The number of nitrogens with one attached hydrogen (secondary N) is 1. The summed E-state index contributed by atoms with van der Waals surface area (Å²) in [5.41, 5.74) is 1.28. The zero-order chi connectivity index (χ0) is 17.1. The molecule has 1 N–H and O–H groups in total. The van der Waals surface area contributed by atoms with Gasteiger partial charge in [0.05, 0.1) is 10.9 Å². The van der Waals surface area contributed by atoms with Crippen LogP contribution in [-0.2, 0) is 0 Å². The number of carbonyl (C=O) groups excluding carboxylic acids is 1. The third-order valence-electron chi connectivity index (χ3n) is 4.87. The lowest BCUT2D eigenvalue weighted by Gasteiger charge is -2.28. The van der Waals surface area contributed by atoms with E-state index in [1.807, 2.05) is 24.3 Å². The van der Waals surface area contributed by atoms with Crippen LogP contribution in [0.3, 0.4) is 0 Å². The molecule has 1 saturated heterocycles. The molecule has 0 bridgehead atoms. The zero-order valence-electron chi connectivity index (χ0n) is 14.2. The molecule has 128 valence electrons. The van der Waals surface area contributed by atoms with E-state index < -0.39 is 0 Å². The Morgan fingerprint density at radius 2 is 1.76 bits per heavy atom. The summed E-state index contributed by atoms with van der Waals surface area (Å²) in [7, 11) is 0. The van der Waals surface area contributed by atoms with Crippen LogP contribution in [0.25, 0.3) is 10.1 Å². The zero-order valence-corrected chi connectivity index (χ0v) is 15.0. The van der Waals surface area contributed by atoms with Gasteiger partial charge in [-0.3, -0.25) is 9.69 Å². The molecule has 25 heavy (non-hydrogen) atoms. The van der Waals surface area contributed by atoms with Crippen molar-refractivity contribution in [3.8, 4) is 0 Å². The van der Waals surface area contributed by atoms with Crippen LogP contribution in [-0.4, -0.2) is 30.4 Å². The van der Waals surface area contributed by atoms with E-state index in [0.717, 1.165) is 28.1 Å². The molecule has 1 amide bonds. The van der Waals surface area contributed by atoms with E-state index >= 15 is 0 Å². The van der Waals surface area contributed by atoms with E-state index in [1.165, 1.54) is 18.4 Å². The summed E-state index contributed by atoms with van der Waals surface area (Å²) in [5.74, 6) is 0.0290. The number of hydrogen-bond donors (Lipinski definition) is 1. The molecule has 1 fully saturated rings. The molecule has 1 aliphatic rings. The highest BCUT2D eigenvalue weighted by molar-refractivity contribution is 7.20. The fourth-order valence-electron chi connectivity index (χ4n) is 3.56. The SMILES string of the molecule is O=C(NC[C@@H](c1ccccc1)N1CCCC1)c1cc2ccccc2s1. The Balaban J connectivity index is 1.49. The van der Waals surface area contributed by atoms with Gasteiger partial charge in [0.25, 0.3) is 5.91 Å². The average Bonchev–Trinajstić information content (AvgIpc) is 3.32. The van der Waals surface area contributed by atoms with E-state index in [-0.39, 0.29) is 11.9 Å². The van der Waals surface area contributed by atoms with Gasteiger partial charge in [0.1, 0.15) is 0 Å². The van der Waals surface area contributed by atoms with Crippen molar-refractivity contribution in [2.45, 2.75) is 18.9 Å². The Labute approximate surface area is 152 Å². The molecule has 2 aromatic carbocycles. The van der Waals surface area contributed by atoms with Gasteiger partial charge in [0.15, 0.2) is 0 Å². The molecule has 1 atom stereocenters. The number of benzene rings is 2. The summed E-state index contributed by atoms with van der Waals surface area (Å²) in [6.07, 6.45) is 2.49. The molecule has 2 heterocycles. The van der Waals surface area contributed by atoms with E-state index in [4.69, 9.17) is 0 Å².